The van der Waals surface area contributed by atoms with Gasteiger partial charge in [0.1, 0.15) is 12.7 Å². The van der Waals surface area contributed by atoms with Gasteiger partial charge in [0.15, 0.2) is 0 Å². The third kappa shape index (κ3) is 5.32. The Morgan fingerprint density at radius 3 is 2.75 bits per heavy atom. The summed E-state index contributed by atoms with van der Waals surface area (Å²) in [5.74, 6) is 0. The van der Waals surface area contributed by atoms with E-state index in [1.54, 1.807) is 0 Å². The zero-order valence-electron chi connectivity index (χ0n) is 5.02. The van der Waals surface area contributed by atoms with Crippen LogP contribution in [0.25, 0.3) is 0 Å². The first-order valence-electron chi connectivity index (χ1n) is 2.57. The van der Waals surface area contributed by atoms with Crippen LogP contribution in [0.15, 0.2) is 0 Å². The second-order valence-electron chi connectivity index (χ2n) is 1.16. The number of ether oxygens (including phenoxy) is 2. The maximum absolute atomic E-state index is 4.92. The Bertz CT molecular complexity index is 73.1. The molecule has 46 valence electrons. The van der Waals surface area contributed by atoms with E-state index in [-0.39, 0.29) is 0 Å². The van der Waals surface area contributed by atoms with E-state index < -0.39 is 0 Å². The summed E-state index contributed by atoms with van der Waals surface area (Å²) < 4.78 is 9.45. The molecule has 0 aliphatic rings. The number of terminal acetylenes is 1. The second kappa shape index (κ2) is 6.32. The lowest BCUT2D eigenvalue weighted by Gasteiger charge is -1.96. The van der Waals surface area contributed by atoms with Gasteiger partial charge < -0.3 is 9.47 Å². The van der Waals surface area contributed by atoms with Gasteiger partial charge in [0.25, 0.3) is 0 Å². The van der Waals surface area contributed by atoms with Gasteiger partial charge in [-0.05, 0) is 6.92 Å². The summed E-state index contributed by atoms with van der Waals surface area (Å²) in [6.07, 6.45) is 6.83. The van der Waals surface area contributed by atoms with Gasteiger partial charge in [-0.25, -0.2) is 0 Å². The van der Waals surface area contributed by atoms with Crippen LogP contribution < -0.4 is 0 Å². The number of rotatable bonds is 4. The van der Waals surface area contributed by atoms with Crippen molar-refractivity contribution in [3.8, 4) is 12.5 Å². The van der Waals surface area contributed by atoms with Crippen LogP contribution in [0.2, 0.25) is 0 Å². The summed E-state index contributed by atoms with van der Waals surface area (Å²) in [4.78, 5) is 0. The van der Waals surface area contributed by atoms with E-state index in [1.807, 2.05) is 13.0 Å². The highest BCUT2D eigenvalue weighted by molar-refractivity contribution is 4.67. The monoisotopic (exact) mass is 114 g/mol. The largest absolute Gasteiger partial charge is 0.444 e. The minimum atomic E-state index is 0.490. The fourth-order valence-corrected chi connectivity index (χ4v) is 0.304. The summed E-state index contributed by atoms with van der Waals surface area (Å²) in [5.41, 5.74) is 0. The molecule has 0 unspecified atom stereocenters. The Kier molecular flexibility index (Phi) is 5.78. The van der Waals surface area contributed by atoms with Gasteiger partial charge in [-0.3, -0.25) is 0 Å². The van der Waals surface area contributed by atoms with Crippen molar-refractivity contribution >= 4 is 0 Å². The van der Waals surface area contributed by atoms with Crippen LogP contribution >= 0.6 is 0 Å². The molecule has 0 N–H and O–H groups in total. The zero-order valence-corrected chi connectivity index (χ0v) is 5.02. The molecule has 0 aromatic rings. The molecule has 0 bridgehead atoms. The molecule has 0 aromatic carbocycles. The van der Waals surface area contributed by atoms with Gasteiger partial charge in [0.05, 0.1) is 6.61 Å². The standard InChI is InChI=1S/C6H10O2/c1-3-7-5-6-8-4-2/h1H,4-6H2,2H3. The van der Waals surface area contributed by atoms with Gasteiger partial charge in [0, 0.05) is 6.61 Å². The predicted octanol–water partition coefficient (Wildman–Crippen LogP) is 0.630. The van der Waals surface area contributed by atoms with Crippen LogP contribution in [-0.2, 0) is 9.47 Å². The second-order valence-corrected chi connectivity index (χ2v) is 1.16. The molecule has 2 heteroatoms. The smallest absolute Gasteiger partial charge is 0.123 e. The van der Waals surface area contributed by atoms with Gasteiger partial charge >= 0.3 is 0 Å². The molecular formula is C6H10O2. The topological polar surface area (TPSA) is 18.5 Å². The SMILES string of the molecule is C#COCCOCC. The minimum Gasteiger partial charge on any atom is -0.444 e. The molecule has 0 aromatic heterocycles. The van der Waals surface area contributed by atoms with Crippen molar-refractivity contribution in [2.75, 3.05) is 19.8 Å². The Labute approximate surface area is 49.8 Å². The lowest BCUT2D eigenvalue weighted by molar-refractivity contribution is 0.100. The summed E-state index contributed by atoms with van der Waals surface area (Å²) in [5, 5.41) is 0. The molecule has 0 rings (SSSR count). The molecule has 0 aliphatic carbocycles. The van der Waals surface area contributed by atoms with Gasteiger partial charge in [0.2, 0.25) is 0 Å². The van der Waals surface area contributed by atoms with Crippen LogP contribution in [0.5, 0.6) is 0 Å². The fraction of sp³-hybridized carbons (Fsp3) is 0.667. The fourth-order valence-electron chi connectivity index (χ4n) is 0.304. The first-order valence-corrected chi connectivity index (χ1v) is 2.57. The summed E-state index contributed by atoms with van der Waals surface area (Å²) in [7, 11) is 0. The lowest BCUT2D eigenvalue weighted by atomic mass is 10.7. The van der Waals surface area contributed by atoms with Crippen LogP contribution in [0.3, 0.4) is 0 Å². The molecule has 8 heavy (non-hydrogen) atoms. The van der Waals surface area contributed by atoms with Crippen molar-refractivity contribution in [1.29, 1.82) is 0 Å². The molecule has 0 amide bonds. The minimum absolute atomic E-state index is 0.490. The third-order valence-electron chi connectivity index (χ3n) is 0.617. The average Bonchev–Trinajstić information content (AvgIpc) is 1.81. The van der Waals surface area contributed by atoms with Crippen molar-refractivity contribution in [3.05, 3.63) is 0 Å². The lowest BCUT2D eigenvalue weighted by Crippen LogP contribution is -1.99. The highest BCUT2D eigenvalue weighted by atomic mass is 16.5. The summed E-state index contributed by atoms with van der Waals surface area (Å²) >= 11 is 0. The normalized spacial score (nSPS) is 8.00. The number of hydrogen-bond acceptors (Lipinski definition) is 2. The van der Waals surface area contributed by atoms with Crippen LogP contribution in [0, 0.1) is 12.5 Å². The van der Waals surface area contributed by atoms with Crippen molar-refractivity contribution in [3.63, 3.8) is 0 Å². The number of hydrogen-bond donors (Lipinski definition) is 0. The molecule has 0 radical (unpaired) electrons. The van der Waals surface area contributed by atoms with E-state index in [0.29, 0.717) is 19.8 Å². The molecule has 0 heterocycles. The van der Waals surface area contributed by atoms with E-state index in [2.05, 4.69) is 4.74 Å². The summed E-state index contributed by atoms with van der Waals surface area (Å²) in [6, 6.07) is 0. The van der Waals surface area contributed by atoms with Gasteiger partial charge in [-0.2, -0.15) is 0 Å². The zero-order chi connectivity index (χ0) is 6.24. The van der Waals surface area contributed by atoms with E-state index in [9.17, 15) is 0 Å². The molecule has 0 saturated carbocycles. The van der Waals surface area contributed by atoms with Crippen molar-refractivity contribution in [2.24, 2.45) is 0 Å². The van der Waals surface area contributed by atoms with Gasteiger partial charge in [-0.1, -0.05) is 6.42 Å². The van der Waals surface area contributed by atoms with Crippen LogP contribution in [0.4, 0.5) is 0 Å². The highest BCUT2D eigenvalue weighted by Gasteiger charge is 1.80. The van der Waals surface area contributed by atoms with Gasteiger partial charge in [-0.15, -0.1) is 0 Å². The first-order chi connectivity index (χ1) is 3.91. The molecule has 0 fully saturated rings. The van der Waals surface area contributed by atoms with E-state index in [1.165, 1.54) is 0 Å². The summed E-state index contributed by atoms with van der Waals surface area (Å²) in [6.45, 7) is 3.72. The molecule has 0 spiro atoms. The van der Waals surface area contributed by atoms with Crippen LogP contribution in [0.1, 0.15) is 6.92 Å². The Balaban J connectivity index is 2.65. The Hall–Kier alpha value is -0.680. The quantitative estimate of drug-likeness (QED) is 0.394. The highest BCUT2D eigenvalue weighted by Crippen LogP contribution is 1.73. The Morgan fingerprint density at radius 2 is 2.25 bits per heavy atom. The molecule has 0 aliphatic heterocycles. The van der Waals surface area contributed by atoms with Crippen molar-refractivity contribution < 1.29 is 9.47 Å². The first kappa shape index (κ1) is 7.32. The maximum Gasteiger partial charge on any atom is 0.123 e. The van der Waals surface area contributed by atoms with Crippen LogP contribution in [-0.4, -0.2) is 19.8 Å². The average molecular weight is 114 g/mol. The van der Waals surface area contributed by atoms with Crippen molar-refractivity contribution in [2.45, 2.75) is 6.92 Å². The molecule has 2 nitrogen and oxygen atoms in total. The molecule has 0 saturated heterocycles. The van der Waals surface area contributed by atoms with E-state index in [0.717, 1.165) is 0 Å². The maximum atomic E-state index is 4.92. The van der Waals surface area contributed by atoms with E-state index in [4.69, 9.17) is 11.2 Å². The third-order valence-corrected chi connectivity index (χ3v) is 0.617. The Morgan fingerprint density at radius 1 is 1.50 bits per heavy atom. The predicted molar refractivity (Wildman–Crippen MR) is 31.3 cm³/mol. The van der Waals surface area contributed by atoms with Crippen molar-refractivity contribution in [1.82, 2.24) is 0 Å². The van der Waals surface area contributed by atoms with E-state index >= 15 is 0 Å². The molecule has 0 atom stereocenters. The molecular weight excluding hydrogens is 104 g/mol.